The minimum atomic E-state index is 0.161. The third kappa shape index (κ3) is 3.93. The first-order valence-corrected chi connectivity index (χ1v) is 7.25. The Labute approximate surface area is 119 Å². The molecule has 1 aromatic rings. The fraction of sp³-hybridized carbons (Fsp3) is 0.769. The largest absolute Gasteiger partial charge is 0.396 e. The molecule has 7 nitrogen and oxygen atoms in total. The summed E-state index contributed by atoms with van der Waals surface area (Å²) in [5.74, 6) is 2.04. The highest BCUT2D eigenvalue weighted by atomic mass is 16.3. The van der Waals surface area contributed by atoms with Gasteiger partial charge in [-0.05, 0) is 19.3 Å². The number of nitrogens with zero attached hydrogens (tertiary/aromatic N) is 4. The van der Waals surface area contributed by atoms with E-state index in [4.69, 9.17) is 5.11 Å². The standard InChI is InChI=1S/C13H24N6O/c1-3-14-13(15-6-10(2)8-20)18-11-4-5-12-16-9-17-19(12)7-11/h9-11,20H,3-8H2,1-2H3,(H2,14,15,18). The Morgan fingerprint density at radius 1 is 1.65 bits per heavy atom. The molecule has 2 unspecified atom stereocenters. The van der Waals surface area contributed by atoms with Crippen molar-refractivity contribution < 1.29 is 5.11 Å². The zero-order valence-electron chi connectivity index (χ0n) is 12.2. The highest BCUT2D eigenvalue weighted by Gasteiger charge is 2.20. The van der Waals surface area contributed by atoms with E-state index in [1.54, 1.807) is 6.33 Å². The molecule has 0 fully saturated rings. The summed E-state index contributed by atoms with van der Waals surface area (Å²) in [6.45, 7) is 6.44. The molecule has 112 valence electrons. The molecule has 0 bridgehead atoms. The minimum absolute atomic E-state index is 0.161. The molecular weight excluding hydrogens is 256 g/mol. The first-order valence-electron chi connectivity index (χ1n) is 7.25. The van der Waals surface area contributed by atoms with Gasteiger partial charge in [0.05, 0.1) is 6.54 Å². The second-order valence-electron chi connectivity index (χ2n) is 5.25. The molecule has 0 radical (unpaired) electrons. The molecule has 0 amide bonds. The lowest BCUT2D eigenvalue weighted by Gasteiger charge is -2.25. The summed E-state index contributed by atoms with van der Waals surface area (Å²) < 4.78 is 1.95. The molecule has 20 heavy (non-hydrogen) atoms. The minimum Gasteiger partial charge on any atom is -0.396 e. The molecular formula is C13H24N6O. The zero-order chi connectivity index (χ0) is 14.4. The zero-order valence-corrected chi connectivity index (χ0v) is 12.2. The van der Waals surface area contributed by atoms with E-state index in [2.05, 4.69) is 25.7 Å². The number of hydrogen-bond donors (Lipinski definition) is 3. The van der Waals surface area contributed by atoms with Crippen LogP contribution in [-0.2, 0) is 13.0 Å². The van der Waals surface area contributed by atoms with Crippen LogP contribution in [-0.4, -0.2) is 51.6 Å². The Morgan fingerprint density at radius 3 is 3.25 bits per heavy atom. The van der Waals surface area contributed by atoms with Crippen LogP contribution in [0.1, 0.15) is 26.1 Å². The van der Waals surface area contributed by atoms with Crippen molar-refractivity contribution in [1.82, 2.24) is 25.4 Å². The van der Waals surface area contributed by atoms with Gasteiger partial charge in [-0.25, -0.2) is 9.67 Å². The van der Waals surface area contributed by atoms with Gasteiger partial charge in [0.25, 0.3) is 0 Å². The Morgan fingerprint density at radius 2 is 2.50 bits per heavy atom. The molecule has 2 atom stereocenters. The van der Waals surface area contributed by atoms with Gasteiger partial charge >= 0.3 is 0 Å². The number of aromatic nitrogens is 3. The maximum Gasteiger partial charge on any atom is 0.191 e. The molecule has 7 heteroatoms. The summed E-state index contributed by atoms with van der Waals surface area (Å²) >= 11 is 0. The molecule has 0 aromatic carbocycles. The van der Waals surface area contributed by atoms with E-state index in [0.717, 1.165) is 37.7 Å². The van der Waals surface area contributed by atoms with E-state index in [0.29, 0.717) is 12.6 Å². The highest BCUT2D eigenvalue weighted by Crippen LogP contribution is 2.11. The second-order valence-corrected chi connectivity index (χ2v) is 5.25. The molecule has 0 spiro atoms. The molecule has 2 rings (SSSR count). The molecule has 3 N–H and O–H groups in total. The number of fused-ring (bicyclic) bond motifs is 1. The van der Waals surface area contributed by atoms with E-state index in [1.165, 1.54) is 0 Å². The van der Waals surface area contributed by atoms with Crippen molar-refractivity contribution in [2.45, 2.75) is 39.3 Å². The number of aryl methyl sites for hydroxylation is 1. The maximum absolute atomic E-state index is 9.06. The Kier molecular flexibility index (Phi) is 5.34. The van der Waals surface area contributed by atoms with Crippen LogP contribution in [0.4, 0.5) is 0 Å². The molecule has 2 heterocycles. The van der Waals surface area contributed by atoms with Gasteiger partial charge < -0.3 is 15.7 Å². The van der Waals surface area contributed by atoms with Gasteiger partial charge in [0.15, 0.2) is 5.96 Å². The predicted octanol–water partition coefficient (Wildman–Crippen LogP) is -0.224. The maximum atomic E-state index is 9.06. The van der Waals surface area contributed by atoms with Gasteiger partial charge in [-0.3, -0.25) is 4.99 Å². The van der Waals surface area contributed by atoms with Crippen LogP contribution in [0.25, 0.3) is 0 Å². The first-order chi connectivity index (χ1) is 9.72. The molecule has 1 aliphatic heterocycles. The smallest absolute Gasteiger partial charge is 0.191 e. The van der Waals surface area contributed by atoms with Gasteiger partial charge in [0, 0.05) is 32.2 Å². The topological polar surface area (TPSA) is 87.4 Å². The summed E-state index contributed by atoms with van der Waals surface area (Å²) in [6, 6.07) is 0.312. The number of rotatable bonds is 5. The third-order valence-corrected chi connectivity index (χ3v) is 3.36. The van der Waals surface area contributed by atoms with E-state index in [-0.39, 0.29) is 12.5 Å². The number of aliphatic imine (C=N–C) groups is 1. The fourth-order valence-corrected chi connectivity index (χ4v) is 2.17. The molecule has 1 aliphatic rings. The molecule has 1 aromatic heterocycles. The van der Waals surface area contributed by atoms with Crippen molar-refractivity contribution in [3.05, 3.63) is 12.2 Å². The second kappa shape index (κ2) is 7.23. The third-order valence-electron chi connectivity index (χ3n) is 3.36. The molecule has 0 saturated carbocycles. The Hall–Kier alpha value is -1.63. The average molecular weight is 280 g/mol. The first kappa shape index (κ1) is 14.8. The highest BCUT2D eigenvalue weighted by molar-refractivity contribution is 5.80. The number of guanidine groups is 1. The van der Waals surface area contributed by atoms with Crippen molar-refractivity contribution in [3.63, 3.8) is 0 Å². The van der Waals surface area contributed by atoms with Crippen LogP contribution in [0.5, 0.6) is 0 Å². The monoisotopic (exact) mass is 280 g/mol. The van der Waals surface area contributed by atoms with E-state index in [1.807, 2.05) is 18.5 Å². The van der Waals surface area contributed by atoms with Crippen molar-refractivity contribution in [2.75, 3.05) is 19.7 Å². The summed E-state index contributed by atoms with van der Waals surface area (Å²) in [5, 5.41) is 20.0. The van der Waals surface area contributed by atoms with Crippen LogP contribution in [0.2, 0.25) is 0 Å². The van der Waals surface area contributed by atoms with Gasteiger partial charge in [0.2, 0.25) is 0 Å². The van der Waals surface area contributed by atoms with Gasteiger partial charge in [-0.1, -0.05) is 6.92 Å². The lowest BCUT2D eigenvalue weighted by Crippen LogP contribution is -2.47. The van der Waals surface area contributed by atoms with E-state index < -0.39 is 0 Å². The number of aliphatic hydroxyl groups is 1. The lowest BCUT2D eigenvalue weighted by molar-refractivity contribution is 0.241. The van der Waals surface area contributed by atoms with Gasteiger partial charge in [-0.2, -0.15) is 5.10 Å². The van der Waals surface area contributed by atoms with Crippen molar-refractivity contribution in [2.24, 2.45) is 10.9 Å². The number of aliphatic hydroxyl groups excluding tert-OH is 1. The van der Waals surface area contributed by atoms with E-state index >= 15 is 0 Å². The Balaban J connectivity index is 1.91. The summed E-state index contributed by atoms with van der Waals surface area (Å²) in [6.07, 6.45) is 3.57. The van der Waals surface area contributed by atoms with Gasteiger partial charge in [-0.15, -0.1) is 0 Å². The van der Waals surface area contributed by atoms with Crippen LogP contribution < -0.4 is 10.6 Å². The van der Waals surface area contributed by atoms with Crippen LogP contribution >= 0.6 is 0 Å². The lowest BCUT2D eigenvalue weighted by atomic mass is 10.1. The summed E-state index contributed by atoms with van der Waals surface area (Å²) in [7, 11) is 0. The van der Waals surface area contributed by atoms with Crippen molar-refractivity contribution in [1.29, 1.82) is 0 Å². The molecule has 0 saturated heterocycles. The summed E-state index contributed by atoms with van der Waals surface area (Å²) in [4.78, 5) is 8.74. The normalized spacial score (nSPS) is 20.4. The average Bonchev–Trinajstić information content (AvgIpc) is 2.92. The Bertz CT molecular complexity index is 444. The van der Waals surface area contributed by atoms with Crippen LogP contribution in [0.3, 0.4) is 0 Å². The van der Waals surface area contributed by atoms with E-state index in [9.17, 15) is 0 Å². The van der Waals surface area contributed by atoms with Gasteiger partial charge in [0.1, 0.15) is 12.2 Å². The number of nitrogens with one attached hydrogen (secondary N) is 2. The fourth-order valence-electron chi connectivity index (χ4n) is 2.17. The van der Waals surface area contributed by atoms with Crippen LogP contribution in [0.15, 0.2) is 11.3 Å². The van der Waals surface area contributed by atoms with Crippen molar-refractivity contribution in [3.8, 4) is 0 Å². The SMILES string of the molecule is CCNC(=NCC(C)CO)NC1CCc2ncnn2C1. The number of hydrogen-bond acceptors (Lipinski definition) is 4. The van der Waals surface area contributed by atoms with Crippen molar-refractivity contribution >= 4 is 5.96 Å². The quantitative estimate of drug-likeness (QED) is 0.512. The van der Waals surface area contributed by atoms with Crippen LogP contribution in [0, 0.1) is 5.92 Å². The predicted molar refractivity (Wildman–Crippen MR) is 77.5 cm³/mol. The molecule has 0 aliphatic carbocycles. The summed E-state index contributed by atoms with van der Waals surface area (Å²) in [5.41, 5.74) is 0.